The van der Waals surface area contributed by atoms with Crippen LogP contribution in [0.15, 0.2) is 78.3 Å². The molecule has 0 saturated carbocycles. The number of nitrogens with one attached hydrogen (secondary N) is 4. The van der Waals surface area contributed by atoms with Gasteiger partial charge in [-0.15, -0.1) is 0 Å². The highest BCUT2D eigenvalue weighted by Crippen LogP contribution is 2.27. The molecule has 43 heavy (non-hydrogen) atoms. The maximum atomic E-state index is 12.6. The number of nitrogens with zero attached hydrogens (tertiary/aromatic N) is 5. The van der Waals surface area contributed by atoms with Crippen molar-refractivity contribution in [2.24, 2.45) is 16.5 Å². The van der Waals surface area contributed by atoms with Crippen LogP contribution < -0.4 is 27.8 Å². The molecule has 0 atom stereocenters. The van der Waals surface area contributed by atoms with Crippen molar-refractivity contribution in [1.82, 2.24) is 29.9 Å². The van der Waals surface area contributed by atoms with Gasteiger partial charge in [0.2, 0.25) is 5.95 Å². The van der Waals surface area contributed by atoms with Crippen LogP contribution in [0.4, 0.5) is 17.6 Å². The van der Waals surface area contributed by atoms with Crippen LogP contribution >= 0.6 is 0 Å². The normalized spacial score (nSPS) is 11.1. The Kier molecular flexibility index (Phi) is 7.51. The Morgan fingerprint density at radius 3 is 2.00 bits per heavy atom. The number of hydrogen-bond donors (Lipinski definition) is 7. The third-order valence-corrected chi connectivity index (χ3v) is 7.00. The first kappa shape index (κ1) is 27.2. The van der Waals surface area contributed by atoms with Gasteiger partial charge in [0, 0.05) is 65.2 Å². The number of carbonyl (C=O) groups is 1. The summed E-state index contributed by atoms with van der Waals surface area (Å²) in [6.07, 6.45) is 8.73. The first-order valence-corrected chi connectivity index (χ1v) is 13.7. The number of H-pyrrole nitrogens is 2. The summed E-state index contributed by atoms with van der Waals surface area (Å²) >= 11 is 0. The number of fused-ring (bicyclic) bond motifs is 2. The largest absolute Gasteiger partial charge is 0.382 e. The number of carbonyl (C=O) groups excluding carboxylic acids is 1. The number of aromatic nitrogens is 6. The van der Waals surface area contributed by atoms with E-state index in [2.05, 4.69) is 63.7 Å². The number of amides is 1. The van der Waals surface area contributed by atoms with Gasteiger partial charge in [-0.05, 0) is 36.1 Å². The van der Waals surface area contributed by atoms with Gasteiger partial charge in [-0.3, -0.25) is 4.79 Å². The van der Waals surface area contributed by atoms with Crippen LogP contribution in [0.3, 0.4) is 0 Å². The van der Waals surface area contributed by atoms with E-state index in [0.717, 1.165) is 28.4 Å². The molecule has 4 heterocycles. The van der Waals surface area contributed by atoms with E-state index in [1.165, 1.54) is 10.9 Å². The Balaban J connectivity index is 1.20. The quantitative estimate of drug-likeness (QED) is 0.0936. The molecule has 4 aromatic heterocycles. The molecule has 0 radical (unpaired) electrons. The van der Waals surface area contributed by atoms with Crippen LogP contribution in [0, 0.1) is 0 Å². The number of anilines is 3. The fourth-order valence-electron chi connectivity index (χ4n) is 4.94. The Morgan fingerprint density at radius 1 is 0.814 bits per heavy atom. The lowest BCUT2D eigenvalue weighted by Gasteiger charge is -2.13. The summed E-state index contributed by atoms with van der Waals surface area (Å²) in [6.45, 7) is 1.17. The zero-order valence-electron chi connectivity index (χ0n) is 23.1. The van der Waals surface area contributed by atoms with Gasteiger partial charge >= 0.3 is 5.91 Å². The first-order chi connectivity index (χ1) is 21.0. The number of nitrogens with two attached hydrogens (primary N) is 3. The molecule has 6 aromatic rings. The van der Waals surface area contributed by atoms with E-state index < -0.39 is 11.9 Å². The maximum Gasteiger partial charge on any atom is 0.302 e. The summed E-state index contributed by atoms with van der Waals surface area (Å²) in [5, 5.41) is 8.90. The molecule has 0 aliphatic carbocycles. The number of rotatable bonds is 10. The van der Waals surface area contributed by atoms with Crippen molar-refractivity contribution >= 4 is 51.3 Å². The van der Waals surface area contributed by atoms with Crippen molar-refractivity contribution < 1.29 is 4.79 Å². The van der Waals surface area contributed by atoms with E-state index in [4.69, 9.17) is 17.2 Å². The van der Waals surface area contributed by atoms with E-state index in [1.807, 2.05) is 42.7 Å². The van der Waals surface area contributed by atoms with Crippen molar-refractivity contribution in [3.8, 4) is 11.3 Å². The second kappa shape index (κ2) is 11.9. The molecule has 10 N–H and O–H groups in total. The molecular weight excluding hydrogens is 544 g/mol. The maximum absolute atomic E-state index is 12.6. The molecule has 13 nitrogen and oxygen atoms in total. The molecular formula is C30H30N12O. The summed E-state index contributed by atoms with van der Waals surface area (Å²) in [7, 11) is 0. The molecule has 2 aromatic carbocycles. The van der Waals surface area contributed by atoms with E-state index in [0.29, 0.717) is 42.5 Å². The van der Waals surface area contributed by atoms with Crippen LogP contribution in [0.2, 0.25) is 0 Å². The minimum absolute atomic E-state index is 0.107. The van der Waals surface area contributed by atoms with Crippen LogP contribution in [-0.2, 0) is 12.8 Å². The van der Waals surface area contributed by atoms with Gasteiger partial charge in [0.1, 0.15) is 5.69 Å². The molecule has 13 heteroatoms. The molecule has 0 bridgehead atoms. The Labute approximate surface area is 246 Å². The summed E-state index contributed by atoms with van der Waals surface area (Å²) in [6, 6.07) is 16.3. The van der Waals surface area contributed by atoms with E-state index in [9.17, 15) is 4.79 Å². The van der Waals surface area contributed by atoms with E-state index >= 15 is 0 Å². The van der Waals surface area contributed by atoms with Crippen LogP contribution in [-0.4, -0.2) is 54.9 Å². The molecule has 0 spiro atoms. The number of nitrogen functional groups attached to an aromatic ring is 1. The van der Waals surface area contributed by atoms with Crippen molar-refractivity contribution in [3.63, 3.8) is 0 Å². The predicted octanol–water partition coefficient (Wildman–Crippen LogP) is 3.20. The fourth-order valence-corrected chi connectivity index (χ4v) is 4.94. The van der Waals surface area contributed by atoms with Gasteiger partial charge in [-0.2, -0.15) is 4.99 Å². The van der Waals surface area contributed by atoms with Crippen molar-refractivity contribution in [3.05, 3.63) is 90.1 Å². The highest BCUT2D eigenvalue weighted by molar-refractivity contribution is 6.04. The minimum Gasteiger partial charge on any atom is -0.382 e. The zero-order valence-corrected chi connectivity index (χ0v) is 23.1. The van der Waals surface area contributed by atoms with Crippen molar-refractivity contribution in [2.45, 2.75) is 12.8 Å². The zero-order chi connectivity index (χ0) is 29.8. The van der Waals surface area contributed by atoms with Gasteiger partial charge in [0.25, 0.3) is 0 Å². The highest BCUT2D eigenvalue weighted by Gasteiger charge is 2.20. The number of aromatic amines is 2. The minimum atomic E-state index is -0.798. The molecule has 1 amide bonds. The summed E-state index contributed by atoms with van der Waals surface area (Å²) in [5.74, 6) is -0.474. The number of hydrogen-bond acceptors (Lipinski definition) is 8. The van der Waals surface area contributed by atoms with Gasteiger partial charge in [-0.25, -0.2) is 19.9 Å². The predicted molar refractivity (Wildman–Crippen MR) is 169 cm³/mol. The second-order valence-electron chi connectivity index (χ2n) is 9.86. The molecule has 0 saturated heterocycles. The van der Waals surface area contributed by atoms with Crippen LogP contribution in [0.1, 0.15) is 21.6 Å². The summed E-state index contributed by atoms with van der Waals surface area (Å²) in [4.78, 5) is 40.6. The topological polar surface area (TPSA) is 215 Å². The van der Waals surface area contributed by atoms with E-state index in [-0.39, 0.29) is 11.5 Å². The highest BCUT2D eigenvalue weighted by atomic mass is 16.1. The monoisotopic (exact) mass is 574 g/mol. The Morgan fingerprint density at radius 2 is 1.40 bits per heavy atom. The summed E-state index contributed by atoms with van der Waals surface area (Å²) in [5.41, 5.74) is 22.1. The lowest BCUT2D eigenvalue weighted by Crippen LogP contribution is -2.25. The first-order valence-electron chi connectivity index (χ1n) is 13.7. The smallest absolute Gasteiger partial charge is 0.302 e. The fraction of sp³-hybridized carbons (Fsp3) is 0.133. The Hall–Kier alpha value is -5.98. The lowest BCUT2D eigenvalue weighted by atomic mass is 10.1. The SMILES string of the molecule is NC(N)=NC(=O)c1nc(-c2cnc(NCCc3c[nH]c4ccccc34)nc2)c(NCCc2c[nH]c3ccccc23)nc1N. The Bertz CT molecular complexity index is 1940. The van der Waals surface area contributed by atoms with Crippen LogP contribution in [0.25, 0.3) is 33.1 Å². The second-order valence-corrected chi connectivity index (χ2v) is 9.86. The standard InChI is InChI=1S/C30H30N12O/c31-26-25(28(43)42-29(32)33)40-24(27(41-26)34-11-9-17-13-36-22-7-3-1-5-20(17)22)19-15-38-30(39-16-19)35-12-10-18-14-37-23-8-4-2-6-21(18)23/h1-8,13-16,36-37H,9-12H2,(H3,31,34,41)(H,35,38,39)(H4,32,33,42,43). The average molecular weight is 575 g/mol. The van der Waals surface area contributed by atoms with Gasteiger partial charge in [0.15, 0.2) is 23.3 Å². The molecule has 0 aliphatic heterocycles. The molecule has 6 rings (SSSR count). The number of aliphatic imine (C=N–C) groups is 1. The van der Waals surface area contributed by atoms with Gasteiger partial charge in [0.05, 0.1) is 0 Å². The third kappa shape index (κ3) is 5.91. The number of para-hydroxylation sites is 2. The summed E-state index contributed by atoms with van der Waals surface area (Å²) < 4.78 is 0. The number of guanidine groups is 1. The van der Waals surface area contributed by atoms with Crippen molar-refractivity contribution in [1.29, 1.82) is 0 Å². The van der Waals surface area contributed by atoms with Gasteiger partial charge in [-0.1, -0.05) is 36.4 Å². The third-order valence-electron chi connectivity index (χ3n) is 7.00. The van der Waals surface area contributed by atoms with E-state index in [1.54, 1.807) is 12.4 Å². The molecule has 0 fully saturated rings. The van der Waals surface area contributed by atoms with Crippen molar-refractivity contribution in [2.75, 3.05) is 29.5 Å². The van der Waals surface area contributed by atoms with Crippen LogP contribution in [0.5, 0.6) is 0 Å². The lowest BCUT2D eigenvalue weighted by molar-refractivity contribution is 0.0998. The molecule has 0 aliphatic rings. The average Bonchev–Trinajstić information content (AvgIpc) is 3.62. The number of benzene rings is 2. The molecule has 0 unspecified atom stereocenters. The van der Waals surface area contributed by atoms with Gasteiger partial charge < -0.3 is 37.8 Å². The molecule has 216 valence electrons.